The number of hydrogen-bond acceptors (Lipinski definition) is 5. The normalized spacial score (nSPS) is 15.2. The summed E-state index contributed by atoms with van der Waals surface area (Å²) in [7, 11) is -3.56. The second kappa shape index (κ2) is 5.95. The van der Waals surface area contributed by atoms with Crippen molar-refractivity contribution in [2.75, 3.05) is 6.54 Å². The summed E-state index contributed by atoms with van der Waals surface area (Å²) < 4.78 is 27.1. The highest BCUT2D eigenvalue weighted by Crippen LogP contribution is 2.25. The smallest absolute Gasteiger partial charge is 0.250 e. The number of aryl methyl sites for hydroxylation is 1. The summed E-state index contributed by atoms with van der Waals surface area (Å²) in [6.07, 6.45) is 0.812. The third-order valence-corrected chi connectivity index (χ3v) is 6.81. The van der Waals surface area contributed by atoms with E-state index in [-0.39, 0.29) is 10.8 Å². The van der Waals surface area contributed by atoms with Crippen molar-refractivity contribution in [2.45, 2.75) is 30.1 Å². The van der Waals surface area contributed by atoms with Crippen molar-refractivity contribution in [3.8, 4) is 0 Å². The second-order valence-corrected chi connectivity index (χ2v) is 8.63. The fraction of sp³-hybridized carbons (Fsp3) is 0.385. The number of hydrogen-bond donors (Lipinski definition) is 2. The predicted molar refractivity (Wildman–Crippen MR) is 82.8 cm³/mol. The molecule has 0 bridgehead atoms. The van der Waals surface area contributed by atoms with E-state index < -0.39 is 15.6 Å². The molecular weight excluding hydrogens is 314 g/mol. The third kappa shape index (κ3) is 3.48. The molecule has 0 saturated carbocycles. The Morgan fingerprint density at radius 2 is 2.10 bits per heavy atom. The van der Waals surface area contributed by atoms with E-state index in [1.54, 1.807) is 19.1 Å². The van der Waals surface area contributed by atoms with Gasteiger partial charge in [0.15, 0.2) is 0 Å². The van der Waals surface area contributed by atoms with Crippen molar-refractivity contribution in [2.24, 2.45) is 0 Å². The van der Waals surface area contributed by atoms with Gasteiger partial charge in [-0.1, -0.05) is 6.92 Å². The average Bonchev–Trinajstić information content (AvgIpc) is 3.07. The van der Waals surface area contributed by atoms with Gasteiger partial charge in [-0.15, -0.1) is 11.3 Å². The molecular formula is C13H17NO3S3. The molecule has 1 unspecified atom stereocenters. The third-order valence-electron chi connectivity index (χ3n) is 3.00. The summed E-state index contributed by atoms with van der Waals surface area (Å²) in [5, 5.41) is 14.0. The van der Waals surface area contributed by atoms with Gasteiger partial charge in [0.2, 0.25) is 10.0 Å². The second-order valence-electron chi connectivity index (χ2n) is 4.68. The van der Waals surface area contributed by atoms with Gasteiger partial charge in [-0.3, -0.25) is 0 Å². The van der Waals surface area contributed by atoms with Gasteiger partial charge in [0.05, 0.1) is 0 Å². The van der Waals surface area contributed by atoms with E-state index in [0.29, 0.717) is 5.56 Å². The monoisotopic (exact) mass is 331 g/mol. The van der Waals surface area contributed by atoms with E-state index in [2.05, 4.69) is 4.72 Å². The zero-order chi connectivity index (χ0) is 14.8. The van der Waals surface area contributed by atoms with Crippen molar-refractivity contribution in [1.29, 1.82) is 0 Å². The molecule has 2 aromatic rings. The molecule has 2 aromatic heterocycles. The first-order valence-corrected chi connectivity index (χ1v) is 9.43. The quantitative estimate of drug-likeness (QED) is 0.855. The maximum Gasteiger partial charge on any atom is 0.250 e. The standard InChI is InChI=1S/C13H17NO3S3/c1-3-11-4-5-12(19-11)20(16,17)14-9-13(2,15)10-6-7-18-8-10/h4-8,14-15H,3,9H2,1-2H3. The van der Waals surface area contributed by atoms with Crippen LogP contribution in [0.2, 0.25) is 0 Å². The summed E-state index contributed by atoms with van der Waals surface area (Å²) in [6, 6.07) is 5.21. The number of aliphatic hydroxyl groups is 1. The highest BCUT2D eigenvalue weighted by molar-refractivity contribution is 7.91. The first-order chi connectivity index (χ1) is 9.35. The van der Waals surface area contributed by atoms with Crippen molar-refractivity contribution in [1.82, 2.24) is 4.72 Å². The van der Waals surface area contributed by atoms with Crippen LogP contribution < -0.4 is 4.72 Å². The maximum atomic E-state index is 12.2. The highest BCUT2D eigenvalue weighted by Gasteiger charge is 2.27. The van der Waals surface area contributed by atoms with Crippen LogP contribution in [0.25, 0.3) is 0 Å². The van der Waals surface area contributed by atoms with Gasteiger partial charge in [-0.25, -0.2) is 13.1 Å². The molecule has 1 atom stereocenters. The van der Waals surface area contributed by atoms with Gasteiger partial charge < -0.3 is 5.11 Å². The fourth-order valence-corrected chi connectivity index (χ4v) is 4.93. The Labute approximate surface area is 127 Å². The van der Waals surface area contributed by atoms with Gasteiger partial charge in [-0.05, 0) is 47.9 Å². The molecule has 2 N–H and O–H groups in total. The summed E-state index contributed by atoms with van der Waals surface area (Å²) in [4.78, 5) is 1.02. The zero-order valence-corrected chi connectivity index (χ0v) is 13.7. The molecule has 0 aliphatic carbocycles. The average molecular weight is 331 g/mol. The molecule has 4 nitrogen and oxygen atoms in total. The van der Waals surface area contributed by atoms with Gasteiger partial charge in [-0.2, -0.15) is 11.3 Å². The molecule has 20 heavy (non-hydrogen) atoms. The lowest BCUT2D eigenvalue weighted by molar-refractivity contribution is 0.0632. The molecule has 0 saturated heterocycles. The van der Waals surface area contributed by atoms with E-state index in [0.717, 1.165) is 11.3 Å². The van der Waals surface area contributed by atoms with Crippen LogP contribution in [0.5, 0.6) is 0 Å². The largest absolute Gasteiger partial charge is 0.384 e. The number of nitrogens with one attached hydrogen (secondary N) is 1. The van der Waals surface area contributed by atoms with Crippen molar-refractivity contribution in [3.05, 3.63) is 39.4 Å². The lowest BCUT2D eigenvalue weighted by Crippen LogP contribution is -2.38. The Bertz CT molecular complexity index is 657. The van der Waals surface area contributed by atoms with Crippen molar-refractivity contribution in [3.63, 3.8) is 0 Å². The topological polar surface area (TPSA) is 66.4 Å². The molecule has 0 spiro atoms. The number of rotatable bonds is 6. The summed E-state index contributed by atoms with van der Waals surface area (Å²) in [6.45, 7) is 3.53. The Morgan fingerprint density at radius 3 is 2.65 bits per heavy atom. The van der Waals surface area contributed by atoms with Crippen LogP contribution >= 0.6 is 22.7 Å². The number of thiophene rings is 2. The van der Waals surface area contributed by atoms with E-state index in [1.807, 2.05) is 23.8 Å². The predicted octanol–water partition coefficient (Wildman–Crippen LogP) is 2.56. The summed E-state index contributed by atoms with van der Waals surface area (Å²) in [5.41, 5.74) is -0.497. The molecule has 0 aromatic carbocycles. The Balaban J connectivity index is 2.09. The van der Waals surface area contributed by atoms with Crippen LogP contribution in [0, 0.1) is 0 Å². The van der Waals surface area contributed by atoms with Crippen molar-refractivity contribution >= 4 is 32.7 Å². The van der Waals surface area contributed by atoms with Crippen LogP contribution in [0.15, 0.2) is 33.2 Å². The van der Waals surface area contributed by atoms with Gasteiger partial charge in [0.1, 0.15) is 9.81 Å². The van der Waals surface area contributed by atoms with E-state index in [4.69, 9.17) is 0 Å². The molecule has 0 fully saturated rings. The minimum atomic E-state index is -3.56. The fourth-order valence-electron chi connectivity index (χ4n) is 1.67. The van der Waals surface area contributed by atoms with Crippen LogP contribution in [-0.2, 0) is 22.0 Å². The molecule has 0 amide bonds. The Hall–Kier alpha value is -0.730. The Kier molecular flexibility index (Phi) is 4.66. The zero-order valence-electron chi connectivity index (χ0n) is 11.3. The molecule has 0 aliphatic rings. The highest BCUT2D eigenvalue weighted by atomic mass is 32.2. The molecule has 0 radical (unpaired) electrons. The van der Waals surface area contributed by atoms with E-state index in [1.165, 1.54) is 22.7 Å². The molecule has 2 heterocycles. The first kappa shape index (κ1) is 15.7. The maximum absolute atomic E-state index is 12.2. The van der Waals surface area contributed by atoms with E-state index >= 15 is 0 Å². The van der Waals surface area contributed by atoms with Gasteiger partial charge >= 0.3 is 0 Å². The van der Waals surface area contributed by atoms with Crippen LogP contribution in [0.3, 0.4) is 0 Å². The van der Waals surface area contributed by atoms with Crippen LogP contribution in [0.1, 0.15) is 24.3 Å². The minimum absolute atomic E-state index is 0.0502. The minimum Gasteiger partial charge on any atom is -0.384 e. The SMILES string of the molecule is CCc1ccc(S(=O)(=O)NCC(C)(O)c2ccsc2)s1. The molecule has 7 heteroatoms. The van der Waals surface area contributed by atoms with Gasteiger partial charge in [0, 0.05) is 11.4 Å². The lowest BCUT2D eigenvalue weighted by Gasteiger charge is -2.22. The lowest BCUT2D eigenvalue weighted by atomic mass is 10.0. The summed E-state index contributed by atoms with van der Waals surface area (Å²) in [5.74, 6) is 0. The molecule has 2 rings (SSSR count). The first-order valence-electron chi connectivity index (χ1n) is 6.18. The van der Waals surface area contributed by atoms with Gasteiger partial charge in [0.25, 0.3) is 0 Å². The molecule has 110 valence electrons. The number of sulfonamides is 1. The van der Waals surface area contributed by atoms with Crippen LogP contribution in [0.4, 0.5) is 0 Å². The molecule has 0 aliphatic heterocycles. The van der Waals surface area contributed by atoms with Crippen LogP contribution in [-0.4, -0.2) is 20.1 Å². The van der Waals surface area contributed by atoms with Crippen molar-refractivity contribution < 1.29 is 13.5 Å². The Morgan fingerprint density at radius 1 is 1.35 bits per heavy atom. The van der Waals surface area contributed by atoms with E-state index in [9.17, 15) is 13.5 Å². The summed E-state index contributed by atoms with van der Waals surface area (Å²) >= 11 is 2.73.